The molecule has 0 saturated heterocycles. The fourth-order valence-corrected chi connectivity index (χ4v) is 4.76. The van der Waals surface area contributed by atoms with Gasteiger partial charge in [-0.3, -0.25) is 4.79 Å². The molecule has 2 aromatic carbocycles. The van der Waals surface area contributed by atoms with E-state index >= 15 is 0 Å². The minimum Gasteiger partial charge on any atom is -0.493 e. The number of methoxy groups -OCH3 is 1. The Balaban J connectivity index is 1.75. The number of anilines is 2. The lowest BCUT2D eigenvalue weighted by Crippen LogP contribution is -2.27. The maximum Gasteiger partial charge on any atom is 0.214 e. The quantitative estimate of drug-likeness (QED) is 0.379. The first-order chi connectivity index (χ1) is 15.9. The van der Waals surface area contributed by atoms with Crippen molar-refractivity contribution in [1.29, 1.82) is 0 Å². The van der Waals surface area contributed by atoms with E-state index in [2.05, 4.69) is 31.0 Å². The second-order valence-corrected chi connectivity index (χ2v) is 9.43. The van der Waals surface area contributed by atoms with E-state index in [1.165, 1.54) is 37.8 Å². The molecule has 0 heterocycles. The minimum absolute atomic E-state index is 0.0412. The number of carbonyl (C=O) groups excluding carboxylic acids is 1. The summed E-state index contributed by atoms with van der Waals surface area (Å²) in [6, 6.07) is 12.4. The van der Waals surface area contributed by atoms with Crippen molar-refractivity contribution in [1.82, 2.24) is 0 Å². The van der Waals surface area contributed by atoms with Gasteiger partial charge in [0.05, 0.1) is 19.8 Å². The van der Waals surface area contributed by atoms with E-state index in [9.17, 15) is 4.79 Å². The monoisotopic (exact) mass is 452 g/mol. The van der Waals surface area contributed by atoms with Crippen molar-refractivity contribution in [3.8, 4) is 11.5 Å². The van der Waals surface area contributed by atoms with Gasteiger partial charge in [0.25, 0.3) is 0 Å². The summed E-state index contributed by atoms with van der Waals surface area (Å²) in [5, 5.41) is 0. The predicted octanol–water partition coefficient (Wildman–Crippen LogP) is 6.22. The minimum atomic E-state index is 0.0412. The molecular weight excluding hydrogens is 412 g/mol. The third-order valence-electron chi connectivity index (χ3n) is 6.58. The Bertz CT molecular complexity index is 889. The van der Waals surface area contributed by atoms with Crippen LogP contribution in [0.5, 0.6) is 11.5 Å². The van der Waals surface area contributed by atoms with E-state index in [0.29, 0.717) is 12.3 Å². The van der Waals surface area contributed by atoms with Gasteiger partial charge < -0.3 is 19.3 Å². The molecule has 1 aliphatic carbocycles. The third kappa shape index (κ3) is 6.66. The zero-order chi connectivity index (χ0) is 23.8. The zero-order valence-electron chi connectivity index (χ0n) is 21.0. The smallest absolute Gasteiger partial charge is 0.214 e. The molecule has 5 heteroatoms. The van der Waals surface area contributed by atoms with E-state index in [1.807, 2.05) is 38.1 Å². The van der Waals surface area contributed by atoms with Crippen molar-refractivity contribution in [3.63, 3.8) is 0 Å². The Kier molecular flexibility index (Phi) is 9.04. The topological polar surface area (TPSA) is 42.0 Å². The Morgan fingerprint density at radius 1 is 1.00 bits per heavy atom. The summed E-state index contributed by atoms with van der Waals surface area (Å²) in [4.78, 5) is 16.1. The normalized spacial score (nSPS) is 14.2. The second-order valence-electron chi connectivity index (χ2n) is 9.43. The largest absolute Gasteiger partial charge is 0.493 e. The fraction of sp³-hybridized carbons (Fsp3) is 0.536. The zero-order valence-corrected chi connectivity index (χ0v) is 21.0. The second kappa shape index (κ2) is 12.0. The van der Waals surface area contributed by atoms with Crippen LogP contribution in [0.3, 0.4) is 0 Å². The molecule has 1 saturated carbocycles. The van der Waals surface area contributed by atoms with Crippen LogP contribution in [0.1, 0.15) is 64.0 Å². The lowest BCUT2D eigenvalue weighted by Gasteiger charge is -2.29. The highest BCUT2D eigenvalue weighted by atomic mass is 16.5. The third-order valence-corrected chi connectivity index (χ3v) is 6.58. The van der Waals surface area contributed by atoms with E-state index in [0.717, 1.165) is 47.9 Å². The van der Waals surface area contributed by atoms with Gasteiger partial charge >= 0.3 is 0 Å². The van der Waals surface area contributed by atoms with Crippen LogP contribution in [0.15, 0.2) is 36.4 Å². The molecule has 0 radical (unpaired) electrons. The standard InChI is InChI=1S/C28H40N2O3/c1-6-23-16-27(32-5)28(33-21(2)3)17-24(23)19-30(20-31)26-14-12-25(13-15-26)29(4)18-22-10-8-7-9-11-22/h12-17,20-22H,6-11,18-19H2,1-5H3. The highest BCUT2D eigenvalue weighted by Crippen LogP contribution is 2.33. The van der Waals surface area contributed by atoms with Crippen LogP contribution in [0, 0.1) is 5.92 Å². The van der Waals surface area contributed by atoms with Crippen LogP contribution in [0.2, 0.25) is 0 Å². The number of carbonyl (C=O) groups is 1. The van der Waals surface area contributed by atoms with Crippen molar-refractivity contribution >= 4 is 17.8 Å². The fourth-order valence-electron chi connectivity index (χ4n) is 4.76. The van der Waals surface area contributed by atoms with Gasteiger partial charge in [0.15, 0.2) is 11.5 Å². The molecule has 0 spiro atoms. The van der Waals surface area contributed by atoms with Crippen LogP contribution >= 0.6 is 0 Å². The van der Waals surface area contributed by atoms with Gasteiger partial charge in [0.2, 0.25) is 6.41 Å². The van der Waals surface area contributed by atoms with E-state index in [1.54, 1.807) is 12.0 Å². The lowest BCUT2D eigenvalue weighted by atomic mass is 9.89. The molecule has 0 N–H and O–H groups in total. The lowest BCUT2D eigenvalue weighted by molar-refractivity contribution is -0.107. The molecular formula is C28H40N2O3. The molecule has 2 aromatic rings. The first-order valence-corrected chi connectivity index (χ1v) is 12.3. The molecule has 3 rings (SSSR count). The highest BCUT2D eigenvalue weighted by molar-refractivity contribution is 5.76. The average Bonchev–Trinajstić information content (AvgIpc) is 2.83. The number of amides is 1. The summed E-state index contributed by atoms with van der Waals surface area (Å²) in [6.07, 6.45) is 8.59. The maximum atomic E-state index is 12.0. The molecule has 0 aromatic heterocycles. The van der Waals surface area contributed by atoms with Crippen molar-refractivity contribution in [3.05, 3.63) is 47.5 Å². The Morgan fingerprint density at radius 3 is 2.21 bits per heavy atom. The van der Waals surface area contributed by atoms with E-state index in [4.69, 9.17) is 9.47 Å². The number of benzene rings is 2. The summed E-state index contributed by atoms with van der Waals surface area (Å²) >= 11 is 0. The number of nitrogens with zero attached hydrogens (tertiary/aromatic N) is 2. The summed E-state index contributed by atoms with van der Waals surface area (Å²) in [7, 11) is 3.83. The molecule has 180 valence electrons. The average molecular weight is 453 g/mol. The van der Waals surface area contributed by atoms with E-state index < -0.39 is 0 Å². The molecule has 1 amide bonds. The molecule has 0 atom stereocenters. The SMILES string of the molecule is CCc1cc(OC)c(OC(C)C)cc1CN(C=O)c1ccc(N(C)CC2CCCCC2)cc1. The van der Waals surface area contributed by atoms with Gasteiger partial charge in [-0.05, 0) is 86.6 Å². The summed E-state index contributed by atoms with van der Waals surface area (Å²) in [5.74, 6) is 2.23. The molecule has 0 bridgehead atoms. The van der Waals surface area contributed by atoms with Crippen molar-refractivity contribution in [2.24, 2.45) is 5.92 Å². The maximum absolute atomic E-state index is 12.0. The summed E-state index contributed by atoms with van der Waals surface area (Å²) < 4.78 is 11.5. The highest BCUT2D eigenvalue weighted by Gasteiger charge is 2.17. The van der Waals surface area contributed by atoms with Gasteiger partial charge in [-0.25, -0.2) is 0 Å². The Labute approximate surface area is 199 Å². The van der Waals surface area contributed by atoms with Gasteiger partial charge in [-0.2, -0.15) is 0 Å². The first kappa shape index (κ1) is 24.9. The van der Waals surface area contributed by atoms with E-state index in [-0.39, 0.29) is 6.10 Å². The van der Waals surface area contributed by atoms with Gasteiger partial charge in [0, 0.05) is 25.0 Å². The number of rotatable bonds is 11. The molecule has 33 heavy (non-hydrogen) atoms. The van der Waals surface area contributed by atoms with Crippen LogP contribution in [-0.2, 0) is 17.8 Å². The van der Waals surface area contributed by atoms with Crippen molar-refractivity contribution in [2.75, 3.05) is 30.5 Å². The number of hydrogen-bond acceptors (Lipinski definition) is 4. The number of hydrogen-bond donors (Lipinski definition) is 0. The molecule has 1 aliphatic rings. The first-order valence-electron chi connectivity index (χ1n) is 12.3. The summed E-state index contributed by atoms with van der Waals surface area (Å²) in [5.41, 5.74) is 4.31. The number of ether oxygens (including phenoxy) is 2. The Morgan fingerprint density at radius 2 is 1.64 bits per heavy atom. The number of aryl methyl sites for hydroxylation is 1. The van der Waals surface area contributed by atoms with Crippen molar-refractivity contribution < 1.29 is 14.3 Å². The van der Waals surface area contributed by atoms with Crippen LogP contribution in [-0.4, -0.2) is 33.2 Å². The Hall–Kier alpha value is -2.69. The van der Waals surface area contributed by atoms with Crippen LogP contribution in [0.4, 0.5) is 11.4 Å². The van der Waals surface area contributed by atoms with Gasteiger partial charge in [-0.15, -0.1) is 0 Å². The molecule has 0 unspecified atom stereocenters. The molecule has 5 nitrogen and oxygen atoms in total. The van der Waals surface area contributed by atoms with Crippen molar-refractivity contribution in [2.45, 2.75) is 71.9 Å². The van der Waals surface area contributed by atoms with Gasteiger partial charge in [-0.1, -0.05) is 26.2 Å². The van der Waals surface area contributed by atoms with Gasteiger partial charge in [0.1, 0.15) is 0 Å². The van der Waals surface area contributed by atoms with Crippen LogP contribution in [0.25, 0.3) is 0 Å². The van der Waals surface area contributed by atoms with Crippen LogP contribution < -0.4 is 19.3 Å². The molecule has 1 fully saturated rings. The predicted molar refractivity (Wildman–Crippen MR) is 137 cm³/mol. The molecule has 0 aliphatic heterocycles. The summed E-state index contributed by atoms with van der Waals surface area (Å²) in [6.45, 7) is 7.70.